The summed E-state index contributed by atoms with van der Waals surface area (Å²) in [7, 11) is 5.55. The number of likely N-dealkylation sites (tertiary alicyclic amines) is 1. The molecular weight excluding hydrogens is 330 g/mol. The molecule has 2 aromatic rings. The van der Waals surface area contributed by atoms with Crippen LogP contribution in [-0.4, -0.2) is 50.1 Å². The molecule has 0 bridgehead atoms. The van der Waals surface area contributed by atoms with Gasteiger partial charge < -0.3 is 19.3 Å². The summed E-state index contributed by atoms with van der Waals surface area (Å²) in [5.74, 6) is 2.33. The third-order valence-electron chi connectivity index (χ3n) is 4.61. The molecule has 1 saturated heterocycles. The van der Waals surface area contributed by atoms with Gasteiger partial charge in [-0.3, -0.25) is 4.79 Å². The molecule has 1 amide bonds. The zero-order chi connectivity index (χ0) is 18.5. The van der Waals surface area contributed by atoms with Crippen molar-refractivity contribution in [1.29, 1.82) is 0 Å². The van der Waals surface area contributed by atoms with Gasteiger partial charge in [0, 0.05) is 26.8 Å². The number of nitrogens with zero attached hydrogens (tertiary/aromatic N) is 3. The summed E-state index contributed by atoms with van der Waals surface area (Å²) in [6.07, 6.45) is 3.77. The highest BCUT2D eigenvalue weighted by Crippen LogP contribution is 2.33. The van der Waals surface area contributed by atoms with Gasteiger partial charge in [0.25, 0.3) is 5.91 Å². The Bertz CT molecular complexity index is 746. The highest BCUT2D eigenvalue weighted by atomic mass is 16.5. The van der Waals surface area contributed by atoms with Gasteiger partial charge in [-0.15, -0.1) is 0 Å². The Morgan fingerprint density at radius 1 is 1.23 bits per heavy atom. The van der Waals surface area contributed by atoms with Gasteiger partial charge in [0.05, 0.1) is 13.2 Å². The fourth-order valence-electron chi connectivity index (χ4n) is 3.20. The van der Waals surface area contributed by atoms with Crippen molar-refractivity contribution < 1.29 is 14.3 Å². The molecule has 2 heterocycles. The van der Waals surface area contributed by atoms with Gasteiger partial charge in [-0.2, -0.15) is 0 Å². The number of ether oxygens (including phenoxy) is 2. The zero-order valence-corrected chi connectivity index (χ0v) is 15.5. The third-order valence-corrected chi connectivity index (χ3v) is 4.61. The van der Waals surface area contributed by atoms with Crippen LogP contribution in [0.1, 0.15) is 24.4 Å². The molecule has 3 rings (SSSR count). The number of benzene rings is 1. The standard InChI is InChI=1S/C20H25N3O3/c1-22(2)19-13-15(10-11-21-19)18-5-4-12-23(18)20(24)14-26-17-8-6-16(25-3)7-9-17/h6-11,13,18H,4-5,12,14H2,1-3H3/t18-/m1/s1. The van der Waals surface area contributed by atoms with Gasteiger partial charge in [0.2, 0.25) is 0 Å². The third kappa shape index (κ3) is 4.07. The lowest BCUT2D eigenvalue weighted by atomic mass is 10.1. The number of aromatic nitrogens is 1. The van der Waals surface area contributed by atoms with Crippen LogP contribution in [0.4, 0.5) is 5.82 Å². The molecule has 26 heavy (non-hydrogen) atoms. The maximum atomic E-state index is 12.7. The van der Waals surface area contributed by atoms with E-state index in [1.165, 1.54) is 0 Å². The molecule has 0 unspecified atom stereocenters. The van der Waals surface area contributed by atoms with Crippen molar-refractivity contribution in [2.45, 2.75) is 18.9 Å². The lowest BCUT2D eigenvalue weighted by Gasteiger charge is -2.26. The number of amides is 1. The first-order chi connectivity index (χ1) is 12.6. The molecule has 1 atom stereocenters. The van der Waals surface area contributed by atoms with E-state index in [0.29, 0.717) is 5.75 Å². The van der Waals surface area contributed by atoms with Crippen LogP contribution in [0.25, 0.3) is 0 Å². The first-order valence-electron chi connectivity index (χ1n) is 8.78. The molecule has 0 N–H and O–H groups in total. The van der Waals surface area contributed by atoms with Crippen molar-refractivity contribution in [3.8, 4) is 11.5 Å². The van der Waals surface area contributed by atoms with Crippen LogP contribution in [0.15, 0.2) is 42.6 Å². The molecule has 1 aromatic heterocycles. The number of rotatable bonds is 6. The molecule has 1 aliphatic heterocycles. The Labute approximate surface area is 154 Å². The van der Waals surface area contributed by atoms with E-state index in [1.807, 2.05) is 42.1 Å². The Balaban J connectivity index is 1.65. The SMILES string of the molecule is COc1ccc(OCC(=O)N2CCC[C@@H]2c2ccnc(N(C)C)c2)cc1. The predicted molar refractivity (Wildman–Crippen MR) is 101 cm³/mol. The van der Waals surface area contributed by atoms with E-state index in [0.717, 1.165) is 36.5 Å². The first kappa shape index (κ1) is 18.0. The van der Waals surface area contributed by atoms with Crippen LogP contribution in [-0.2, 0) is 4.79 Å². The monoisotopic (exact) mass is 355 g/mol. The Kier molecular flexibility index (Phi) is 5.61. The van der Waals surface area contributed by atoms with Crippen LogP contribution >= 0.6 is 0 Å². The molecule has 6 nitrogen and oxygen atoms in total. The number of pyridine rings is 1. The van der Waals surface area contributed by atoms with E-state index in [9.17, 15) is 4.79 Å². The molecule has 1 fully saturated rings. The number of hydrogen-bond acceptors (Lipinski definition) is 5. The van der Waals surface area contributed by atoms with E-state index in [4.69, 9.17) is 9.47 Å². The summed E-state index contributed by atoms with van der Waals surface area (Å²) in [5, 5.41) is 0. The number of anilines is 1. The smallest absolute Gasteiger partial charge is 0.261 e. The van der Waals surface area contributed by atoms with Gasteiger partial charge >= 0.3 is 0 Å². The summed E-state index contributed by atoms with van der Waals surface area (Å²) in [6, 6.07) is 11.4. The second kappa shape index (κ2) is 8.08. The van der Waals surface area contributed by atoms with Gasteiger partial charge in [0.1, 0.15) is 17.3 Å². The van der Waals surface area contributed by atoms with Crippen molar-refractivity contribution in [2.75, 3.05) is 39.3 Å². The lowest BCUT2D eigenvalue weighted by molar-refractivity contribution is -0.134. The van der Waals surface area contributed by atoms with E-state index in [2.05, 4.69) is 11.1 Å². The summed E-state index contributed by atoms with van der Waals surface area (Å²) < 4.78 is 10.8. The normalized spacial score (nSPS) is 16.4. The van der Waals surface area contributed by atoms with Crippen molar-refractivity contribution in [3.05, 3.63) is 48.2 Å². The van der Waals surface area contributed by atoms with Crippen molar-refractivity contribution in [2.24, 2.45) is 0 Å². The summed E-state index contributed by atoms with van der Waals surface area (Å²) in [5.41, 5.74) is 1.12. The van der Waals surface area contributed by atoms with Gasteiger partial charge in [-0.1, -0.05) is 0 Å². The van der Waals surface area contributed by atoms with E-state index in [1.54, 1.807) is 25.4 Å². The maximum absolute atomic E-state index is 12.7. The Morgan fingerprint density at radius 3 is 2.65 bits per heavy atom. The predicted octanol–water partition coefficient (Wildman–Crippen LogP) is 2.90. The van der Waals surface area contributed by atoms with Gasteiger partial charge in [-0.05, 0) is 54.8 Å². The Hall–Kier alpha value is -2.76. The molecule has 0 saturated carbocycles. The molecular formula is C20H25N3O3. The molecule has 0 spiro atoms. The van der Waals surface area contributed by atoms with Gasteiger partial charge in [-0.25, -0.2) is 4.98 Å². The number of carbonyl (C=O) groups is 1. The topological polar surface area (TPSA) is 54.9 Å². The minimum Gasteiger partial charge on any atom is -0.497 e. The average molecular weight is 355 g/mol. The van der Waals surface area contributed by atoms with Crippen LogP contribution in [0.2, 0.25) is 0 Å². The number of methoxy groups -OCH3 is 1. The largest absolute Gasteiger partial charge is 0.497 e. The summed E-state index contributed by atoms with van der Waals surface area (Å²) in [6.45, 7) is 0.795. The van der Waals surface area contributed by atoms with Crippen LogP contribution in [0.3, 0.4) is 0 Å². The summed E-state index contributed by atoms with van der Waals surface area (Å²) >= 11 is 0. The second-order valence-electron chi connectivity index (χ2n) is 6.55. The van der Waals surface area contributed by atoms with Crippen LogP contribution < -0.4 is 14.4 Å². The molecule has 6 heteroatoms. The maximum Gasteiger partial charge on any atom is 0.261 e. The highest BCUT2D eigenvalue weighted by Gasteiger charge is 2.30. The van der Waals surface area contributed by atoms with Crippen molar-refractivity contribution in [1.82, 2.24) is 9.88 Å². The Morgan fingerprint density at radius 2 is 1.96 bits per heavy atom. The second-order valence-corrected chi connectivity index (χ2v) is 6.55. The molecule has 0 radical (unpaired) electrons. The number of hydrogen-bond donors (Lipinski definition) is 0. The fraction of sp³-hybridized carbons (Fsp3) is 0.400. The average Bonchev–Trinajstić information content (AvgIpc) is 3.16. The molecule has 1 aromatic carbocycles. The highest BCUT2D eigenvalue weighted by molar-refractivity contribution is 5.78. The molecule has 1 aliphatic rings. The lowest BCUT2D eigenvalue weighted by Crippen LogP contribution is -2.34. The minimum atomic E-state index is 0.00605. The van der Waals surface area contributed by atoms with E-state index < -0.39 is 0 Å². The summed E-state index contributed by atoms with van der Waals surface area (Å²) in [4.78, 5) is 20.9. The van der Waals surface area contributed by atoms with E-state index >= 15 is 0 Å². The fourth-order valence-corrected chi connectivity index (χ4v) is 3.20. The van der Waals surface area contributed by atoms with E-state index in [-0.39, 0.29) is 18.6 Å². The van der Waals surface area contributed by atoms with Crippen LogP contribution in [0.5, 0.6) is 11.5 Å². The van der Waals surface area contributed by atoms with Gasteiger partial charge in [0.15, 0.2) is 6.61 Å². The minimum absolute atomic E-state index is 0.00605. The quantitative estimate of drug-likeness (QED) is 0.797. The molecule has 138 valence electrons. The van der Waals surface area contributed by atoms with Crippen molar-refractivity contribution >= 4 is 11.7 Å². The molecule has 0 aliphatic carbocycles. The van der Waals surface area contributed by atoms with Crippen molar-refractivity contribution in [3.63, 3.8) is 0 Å². The first-order valence-corrected chi connectivity index (χ1v) is 8.78. The zero-order valence-electron chi connectivity index (χ0n) is 15.5. The van der Waals surface area contributed by atoms with Crippen LogP contribution in [0, 0.1) is 0 Å². The number of carbonyl (C=O) groups excluding carboxylic acids is 1.